The predicted octanol–water partition coefficient (Wildman–Crippen LogP) is 1.12. The number of nitrogens with one attached hydrogen (secondary N) is 1. The van der Waals surface area contributed by atoms with Gasteiger partial charge in [0, 0.05) is 13.1 Å². The lowest BCUT2D eigenvalue weighted by molar-refractivity contribution is -0.147. The van der Waals surface area contributed by atoms with Crippen LogP contribution in [0.2, 0.25) is 0 Å². The summed E-state index contributed by atoms with van der Waals surface area (Å²) in [6.45, 7) is 6.65. The first kappa shape index (κ1) is 17.2. The van der Waals surface area contributed by atoms with E-state index in [1.165, 1.54) is 0 Å². The normalized spacial score (nSPS) is 37.0. The number of nitrogens with zero attached hydrogens (tertiary/aromatic N) is 2. The number of carbonyl (C=O) groups excluding carboxylic acids is 3. The van der Waals surface area contributed by atoms with E-state index in [-0.39, 0.29) is 36.5 Å². The Kier molecular flexibility index (Phi) is 4.55. The Morgan fingerprint density at radius 3 is 2.50 bits per heavy atom. The average Bonchev–Trinajstić information content (AvgIpc) is 2.74. The first-order valence-corrected chi connectivity index (χ1v) is 8.91. The van der Waals surface area contributed by atoms with Crippen molar-refractivity contribution >= 4 is 17.8 Å². The van der Waals surface area contributed by atoms with Crippen molar-refractivity contribution in [3.8, 4) is 0 Å². The van der Waals surface area contributed by atoms with Gasteiger partial charge in [0.25, 0.3) is 5.91 Å². The third kappa shape index (κ3) is 2.90. The number of imide groups is 1. The highest BCUT2D eigenvalue weighted by atomic mass is 16.5. The third-order valence-corrected chi connectivity index (χ3v) is 5.57. The summed E-state index contributed by atoms with van der Waals surface area (Å²) in [6.07, 6.45) is 3.52. The zero-order chi connectivity index (χ0) is 17.5. The van der Waals surface area contributed by atoms with Crippen LogP contribution in [0.1, 0.15) is 46.5 Å². The van der Waals surface area contributed by atoms with Crippen molar-refractivity contribution in [3.05, 3.63) is 0 Å². The van der Waals surface area contributed by atoms with Crippen LogP contribution < -0.4 is 5.32 Å². The van der Waals surface area contributed by atoms with Gasteiger partial charge in [-0.2, -0.15) is 0 Å². The summed E-state index contributed by atoms with van der Waals surface area (Å²) in [4.78, 5) is 40.6. The zero-order valence-electron chi connectivity index (χ0n) is 14.7. The minimum atomic E-state index is -0.804. The zero-order valence-corrected chi connectivity index (χ0v) is 14.7. The maximum absolute atomic E-state index is 12.9. The molecule has 24 heavy (non-hydrogen) atoms. The van der Waals surface area contributed by atoms with Crippen LogP contribution in [0.25, 0.3) is 0 Å². The van der Waals surface area contributed by atoms with Gasteiger partial charge in [-0.05, 0) is 32.6 Å². The molecule has 1 spiro atoms. The SMILES string of the molecule is C[C@@H]1CN(C(=O)CN2C(=O)N[C@]3(CCCC[C@H]3C)C2=O)C[C@@H](C)O1. The molecule has 1 aliphatic carbocycles. The van der Waals surface area contributed by atoms with Crippen LogP contribution in [0.5, 0.6) is 0 Å². The van der Waals surface area contributed by atoms with Crippen LogP contribution in [-0.4, -0.2) is 65.0 Å². The molecule has 134 valence electrons. The first-order chi connectivity index (χ1) is 11.3. The second-order valence-corrected chi connectivity index (χ2v) is 7.50. The van der Waals surface area contributed by atoms with E-state index in [0.717, 1.165) is 24.2 Å². The van der Waals surface area contributed by atoms with E-state index in [0.29, 0.717) is 19.5 Å². The van der Waals surface area contributed by atoms with E-state index >= 15 is 0 Å². The van der Waals surface area contributed by atoms with Crippen molar-refractivity contribution in [2.75, 3.05) is 19.6 Å². The maximum Gasteiger partial charge on any atom is 0.325 e. The van der Waals surface area contributed by atoms with Gasteiger partial charge in [0.2, 0.25) is 5.91 Å². The van der Waals surface area contributed by atoms with E-state index in [1.807, 2.05) is 20.8 Å². The predicted molar refractivity (Wildman–Crippen MR) is 87.2 cm³/mol. The number of rotatable bonds is 2. The summed E-state index contributed by atoms with van der Waals surface area (Å²) in [7, 11) is 0. The lowest BCUT2D eigenvalue weighted by Gasteiger charge is -2.37. The van der Waals surface area contributed by atoms with Crippen molar-refractivity contribution in [2.24, 2.45) is 5.92 Å². The average molecular weight is 337 g/mol. The molecule has 0 aromatic rings. The molecule has 3 rings (SSSR count). The van der Waals surface area contributed by atoms with Crippen molar-refractivity contribution in [3.63, 3.8) is 0 Å². The topological polar surface area (TPSA) is 79.0 Å². The second kappa shape index (κ2) is 6.35. The van der Waals surface area contributed by atoms with Crippen LogP contribution in [0.15, 0.2) is 0 Å². The lowest BCUT2D eigenvalue weighted by atomic mass is 9.73. The fourth-order valence-electron chi connectivity index (χ4n) is 4.26. The molecule has 3 aliphatic rings. The molecule has 0 aromatic heterocycles. The van der Waals surface area contributed by atoms with Crippen LogP contribution in [0.3, 0.4) is 0 Å². The standard InChI is InChI=1S/C17H27N3O4/c1-11-6-4-5-7-17(11)15(22)20(16(23)18-17)10-14(21)19-8-12(2)24-13(3)9-19/h11-13H,4-10H2,1-3H3,(H,18,23)/t11-,12-,13-,17+/m1/s1. The van der Waals surface area contributed by atoms with Gasteiger partial charge >= 0.3 is 6.03 Å². The largest absolute Gasteiger partial charge is 0.372 e. The Morgan fingerprint density at radius 2 is 1.88 bits per heavy atom. The van der Waals surface area contributed by atoms with Gasteiger partial charge in [-0.15, -0.1) is 0 Å². The summed E-state index contributed by atoms with van der Waals surface area (Å²) in [5, 5.41) is 2.89. The molecule has 0 aromatic carbocycles. The summed E-state index contributed by atoms with van der Waals surface area (Å²) >= 11 is 0. The van der Waals surface area contributed by atoms with Gasteiger partial charge in [-0.3, -0.25) is 14.5 Å². The van der Waals surface area contributed by atoms with Crippen LogP contribution in [0.4, 0.5) is 4.79 Å². The first-order valence-electron chi connectivity index (χ1n) is 8.91. The van der Waals surface area contributed by atoms with Crippen LogP contribution in [-0.2, 0) is 14.3 Å². The van der Waals surface area contributed by atoms with E-state index in [4.69, 9.17) is 4.74 Å². The van der Waals surface area contributed by atoms with E-state index < -0.39 is 11.6 Å². The second-order valence-electron chi connectivity index (χ2n) is 7.50. The van der Waals surface area contributed by atoms with Crippen molar-refractivity contribution < 1.29 is 19.1 Å². The number of ether oxygens (including phenoxy) is 1. The van der Waals surface area contributed by atoms with Gasteiger partial charge < -0.3 is 15.0 Å². The Bertz CT molecular complexity index is 542. The summed E-state index contributed by atoms with van der Waals surface area (Å²) < 4.78 is 5.63. The molecular formula is C17H27N3O4. The molecule has 7 nitrogen and oxygen atoms in total. The van der Waals surface area contributed by atoms with Gasteiger partial charge in [-0.25, -0.2) is 4.79 Å². The molecule has 4 atom stereocenters. The van der Waals surface area contributed by atoms with Gasteiger partial charge in [0.15, 0.2) is 0 Å². The molecule has 2 aliphatic heterocycles. The van der Waals surface area contributed by atoms with E-state index in [2.05, 4.69) is 5.32 Å². The number of urea groups is 1. The fraction of sp³-hybridized carbons (Fsp3) is 0.824. The fourth-order valence-corrected chi connectivity index (χ4v) is 4.26. The molecule has 4 amide bonds. The molecule has 3 fully saturated rings. The Morgan fingerprint density at radius 1 is 1.21 bits per heavy atom. The van der Waals surface area contributed by atoms with E-state index in [1.54, 1.807) is 4.90 Å². The highest BCUT2D eigenvalue weighted by Gasteiger charge is 2.55. The maximum atomic E-state index is 12.9. The quantitative estimate of drug-likeness (QED) is 0.766. The number of carbonyl (C=O) groups is 3. The molecule has 7 heteroatoms. The third-order valence-electron chi connectivity index (χ3n) is 5.57. The van der Waals surface area contributed by atoms with Gasteiger partial charge in [-0.1, -0.05) is 19.8 Å². The number of amides is 4. The Hall–Kier alpha value is -1.63. The molecule has 2 saturated heterocycles. The molecule has 0 bridgehead atoms. The lowest BCUT2D eigenvalue weighted by Crippen LogP contribution is -2.54. The van der Waals surface area contributed by atoms with Crippen LogP contribution in [0, 0.1) is 5.92 Å². The van der Waals surface area contributed by atoms with Crippen molar-refractivity contribution in [1.82, 2.24) is 15.1 Å². The van der Waals surface area contributed by atoms with Crippen molar-refractivity contribution in [1.29, 1.82) is 0 Å². The Balaban J connectivity index is 1.70. The summed E-state index contributed by atoms with van der Waals surface area (Å²) in [6, 6.07) is -0.434. The molecule has 0 unspecified atom stereocenters. The minimum absolute atomic E-state index is 0.0366. The number of morpholine rings is 1. The monoisotopic (exact) mass is 337 g/mol. The number of hydrogen-bond acceptors (Lipinski definition) is 4. The summed E-state index contributed by atoms with van der Waals surface area (Å²) in [5.41, 5.74) is -0.804. The minimum Gasteiger partial charge on any atom is -0.372 e. The molecule has 2 heterocycles. The molecule has 0 radical (unpaired) electrons. The van der Waals surface area contributed by atoms with Gasteiger partial charge in [0.1, 0.15) is 12.1 Å². The Labute approximate surface area is 142 Å². The van der Waals surface area contributed by atoms with E-state index in [9.17, 15) is 14.4 Å². The van der Waals surface area contributed by atoms with Gasteiger partial charge in [0.05, 0.1) is 12.2 Å². The highest BCUT2D eigenvalue weighted by Crippen LogP contribution is 2.38. The van der Waals surface area contributed by atoms with Crippen molar-refractivity contribution in [2.45, 2.75) is 64.2 Å². The van der Waals surface area contributed by atoms with Crippen LogP contribution >= 0.6 is 0 Å². The summed E-state index contributed by atoms with van der Waals surface area (Å²) in [5.74, 6) is -0.324. The molecule has 1 N–H and O–H groups in total. The highest BCUT2D eigenvalue weighted by molar-refractivity contribution is 6.09. The molecule has 1 saturated carbocycles. The smallest absolute Gasteiger partial charge is 0.325 e. The number of hydrogen-bond donors (Lipinski definition) is 1. The molecular weight excluding hydrogens is 310 g/mol.